The molecule has 1 unspecified atom stereocenters. The van der Waals surface area contributed by atoms with Gasteiger partial charge in [0, 0.05) is 51.4 Å². The predicted octanol–water partition coefficient (Wildman–Crippen LogP) is -1.02. The molecule has 0 fully saturated rings. The summed E-state index contributed by atoms with van der Waals surface area (Å²) >= 11 is 0. The summed E-state index contributed by atoms with van der Waals surface area (Å²) in [5.41, 5.74) is 0. The van der Waals surface area contributed by atoms with Crippen molar-refractivity contribution in [3.05, 3.63) is 0 Å². The van der Waals surface area contributed by atoms with Crippen LogP contribution in [0.15, 0.2) is 0 Å². The zero-order chi connectivity index (χ0) is 4.28. The third kappa shape index (κ3) is 9.12. The van der Waals surface area contributed by atoms with Crippen molar-refractivity contribution in [3.63, 3.8) is 0 Å². The van der Waals surface area contributed by atoms with Crippen LogP contribution >= 0.6 is 0 Å². The molecule has 0 aromatic carbocycles. The summed E-state index contributed by atoms with van der Waals surface area (Å²) in [6.07, 6.45) is -0.560. The second-order valence-corrected chi connectivity index (χ2v) is 1.03. The molecule has 0 saturated heterocycles. The average Bonchev–Trinajstić information content (AvgIpc) is 1.38. The van der Waals surface area contributed by atoms with E-state index in [1.807, 2.05) is 0 Å². The molecule has 0 aliphatic carbocycles. The van der Waals surface area contributed by atoms with Crippen LogP contribution in [0, 0.1) is 0 Å². The van der Waals surface area contributed by atoms with Crippen LogP contribution in [-0.4, -0.2) is 74.3 Å². The van der Waals surface area contributed by atoms with Gasteiger partial charge >= 0.3 is 0 Å². The van der Waals surface area contributed by atoms with Crippen molar-refractivity contribution in [1.82, 2.24) is 0 Å². The predicted molar refractivity (Wildman–Crippen MR) is 24.5 cm³/mol. The van der Waals surface area contributed by atoms with Crippen LogP contribution in [0.3, 0.4) is 0 Å². The first kappa shape index (κ1) is 10.5. The monoisotopic (exact) mass is 115 g/mol. The van der Waals surface area contributed by atoms with Gasteiger partial charge in [-0.05, 0) is 6.92 Å². The minimum Gasteiger partial charge on any atom is -0.394 e. The number of hydrogen-bond donors (Lipinski definition) is 2. The second kappa shape index (κ2) is 6.56. The van der Waals surface area contributed by atoms with Gasteiger partial charge in [-0.1, -0.05) is 0 Å². The quantitative estimate of drug-likeness (QED) is 0.429. The Morgan fingerprint density at radius 3 is 1.83 bits per heavy atom. The molecule has 0 aromatic heterocycles. The van der Waals surface area contributed by atoms with E-state index in [9.17, 15) is 0 Å². The maximum Gasteiger partial charge on any atom is 0.0742 e. The van der Waals surface area contributed by atoms with Gasteiger partial charge in [0.25, 0.3) is 0 Å². The third-order valence-electron chi connectivity index (χ3n) is 0.264. The van der Waals surface area contributed by atoms with Crippen LogP contribution in [0.4, 0.5) is 0 Å². The van der Waals surface area contributed by atoms with E-state index in [0.717, 1.165) is 0 Å². The number of aliphatic hydroxyl groups is 2. The van der Waals surface area contributed by atoms with Crippen molar-refractivity contribution in [2.75, 3.05) is 6.61 Å². The molecule has 0 saturated carbocycles. The van der Waals surface area contributed by atoms with E-state index in [2.05, 4.69) is 0 Å². The van der Waals surface area contributed by atoms with E-state index in [-0.39, 0.29) is 58.0 Å². The fourth-order valence-corrected chi connectivity index (χ4v) is 0. The largest absolute Gasteiger partial charge is 0.394 e. The van der Waals surface area contributed by atoms with Crippen LogP contribution in [0.25, 0.3) is 0 Å². The summed E-state index contributed by atoms with van der Waals surface area (Å²) < 4.78 is 0. The molecule has 0 aromatic rings. The molecule has 0 amide bonds. The molecule has 33 valence electrons. The Morgan fingerprint density at radius 1 is 1.67 bits per heavy atom. The van der Waals surface area contributed by atoms with Gasteiger partial charge in [0.1, 0.15) is 0 Å². The van der Waals surface area contributed by atoms with Gasteiger partial charge in [-0.2, -0.15) is 0 Å². The molecular weight excluding hydrogens is 107 g/mol. The molecule has 1 atom stereocenters. The second-order valence-electron chi connectivity index (χ2n) is 1.03. The summed E-state index contributed by atoms with van der Waals surface area (Å²) in [6, 6.07) is 0. The van der Waals surface area contributed by atoms with Gasteiger partial charge in [-0.25, -0.2) is 0 Å². The Labute approximate surface area is 80.0 Å². The Balaban J connectivity index is 0. The van der Waals surface area contributed by atoms with Gasteiger partial charge in [0.15, 0.2) is 0 Å². The Kier molecular flexibility index (Phi) is 11.5. The summed E-state index contributed by atoms with van der Waals surface area (Å²) in [5, 5.41) is 16.0. The number of rotatable bonds is 1. The van der Waals surface area contributed by atoms with E-state index in [0.29, 0.717) is 0 Å². The number of aliphatic hydroxyl groups excluding tert-OH is 2. The first-order chi connectivity index (χ1) is 2.27. The van der Waals surface area contributed by atoms with Crippen LogP contribution in [0.5, 0.6) is 0 Å². The standard InChI is InChI=1S/C3H8O2.K/c1-3(5)2-4;/h3-5H,2H2,1H3;. The molecule has 1 radical (unpaired) electrons. The zero-order valence-corrected chi connectivity index (χ0v) is 7.30. The maximum atomic E-state index is 8.11. The van der Waals surface area contributed by atoms with E-state index < -0.39 is 6.10 Å². The molecule has 3 heteroatoms. The van der Waals surface area contributed by atoms with Crippen molar-refractivity contribution in [2.45, 2.75) is 13.0 Å². The molecule has 0 aliphatic heterocycles. The molecule has 0 spiro atoms. The first-order valence-corrected chi connectivity index (χ1v) is 1.56. The van der Waals surface area contributed by atoms with Crippen molar-refractivity contribution < 1.29 is 10.2 Å². The SMILES string of the molecule is CC(O)CO.[K]. The molecule has 0 rings (SSSR count). The van der Waals surface area contributed by atoms with Crippen molar-refractivity contribution >= 4 is 51.4 Å². The fourth-order valence-electron chi connectivity index (χ4n) is 0. The van der Waals surface area contributed by atoms with Gasteiger partial charge < -0.3 is 10.2 Å². The minimum atomic E-state index is -0.560. The Bertz CT molecular complexity index is 22.8. The van der Waals surface area contributed by atoms with Crippen LogP contribution in [0.1, 0.15) is 6.92 Å². The van der Waals surface area contributed by atoms with Crippen LogP contribution in [0.2, 0.25) is 0 Å². The van der Waals surface area contributed by atoms with Gasteiger partial charge in [0.05, 0.1) is 12.7 Å². The van der Waals surface area contributed by atoms with Crippen molar-refractivity contribution in [1.29, 1.82) is 0 Å². The normalized spacial score (nSPS) is 12.5. The molecule has 0 bridgehead atoms. The molecule has 2 nitrogen and oxygen atoms in total. The van der Waals surface area contributed by atoms with Crippen LogP contribution < -0.4 is 0 Å². The number of hydrogen-bond acceptors (Lipinski definition) is 2. The van der Waals surface area contributed by atoms with Gasteiger partial charge in [-0.3, -0.25) is 0 Å². The van der Waals surface area contributed by atoms with Gasteiger partial charge in [-0.15, -0.1) is 0 Å². The average molecular weight is 115 g/mol. The topological polar surface area (TPSA) is 40.5 Å². The van der Waals surface area contributed by atoms with Crippen molar-refractivity contribution in [3.8, 4) is 0 Å². The molecule has 2 N–H and O–H groups in total. The molecule has 0 aliphatic rings. The third-order valence-corrected chi connectivity index (χ3v) is 0.264. The summed E-state index contributed by atoms with van der Waals surface area (Å²) in [4.78, 5) is 0. The van der Waals surface area contributed by atoms with E-state index in [1.54, 1.807) is 0 Å². The summed E-state index contributed by atoms with van der Waals surface area (Å²) in [6.45, 7) is 1.39. The maximum absolute atomic E-state index is 8.11. The van der Waals surface area contributed by atoms with E-state index in [1.165, 1.54) is 6.92 Å². The molecule has 6 heavy (non-hydrogen) atoms. The zero-order valence-electron chi connectivity index (χ0n) is 4.18. The first-order valence-electron chi connectivity index (χ1n) is 1.56. The Morgan fingerprint density at radius 2 is 1.83 bits per heavy atom. The van der Waals surface area contributed by atoms with E-state index >= 15 is 0 Å². The fraction of sp³-hybridized carbons (Fsp3) is 1.00. The van der Waals surface area contributed by atoms with Crippen LogP contribution in [-0.2, 0) is 0 Å². The smallest absolute Gasteiger partial charge is 0.0742 e. The molecular formula is C3H8KO2. The van der Waals surface area contributed by atoms with Gasteiger partial charge in [0.2, 0.25) is 0 Å². The molecule has 0 heterocycles. The Hall–Kier alpha value is 1.56. The van der Waals surface area contributed by atoms with E-state index in [4.69, 9.17) is 10.2 Å². The minimum absolute atomic E-state index is 0. The summed E-state index contributed by atoms with van der Waals surface area (Å²) in [5.74, 6) is 0. The summed E-state index contributed by atoms with van der Waals surface area (Å²) in [7, 11) is 0. The van der Waals surface area contributed by atoms with Crippen molar-refractivity contribution in [2.24, 2.45) is 0 Å².